The van der Waals surface area contributed by atoms with E-state index in [4.69, 9.17) is 0 Å². The summed E-state index contributed by atoms with van der Waals surface area (Å²) in [5.41, 5.74) is 1.07. The van der Waals surface area contributed by atoms with Crippen molar-refractivity contribution >= 4 is 17.4 Å². The highest BCUT2D eigenvalue weighted by molar-refractivity contribution is 6.00. The molecule has 0 spiro atoms. The number of hydrogen-bond donors (Lipinski definition) is 1. The van der Waals surface area contributed by atoms with Gasteiger partial charge in [-0.2, -0.15) is 0 Å². The van der Waals surface area contributed by atoms with E-state index in [-0.39, 0.29) is 17.6 Å². The summed E-state index contributed by atoms with van der Waals surface area (Å²) in [7, 11) is 0. The van der Waals surface area contributed by atoms with Crippen LogP contribution >= 0.6 is 0 Å². The zero-order valence-electron chi connectivity index (χ0n) is 11.1. The fraction of sp³-hybridized carbons (Fsp3) is 0.467. The van der Waals surface area contributed by atoms with E-state index < -0.39 is 5.41 Å². The Labute approximate surface area is 108 Å². The summed E-state index contributed by atoms with van der Waals surface area (Å²) in [6.07, 6.45) is 2.03. The minimum Gasteiger partial charge on any atom is -0.326 e. The number of carbonyl (C=O) groups excluding carboxylic acids is 2. The van der Waals surface area contributed by atoms with Crippen molar-refractivity contribution in [2.24, 2.45) is 11.3 Å². The van der Waals surface area contributed by atoms with Crippen LogP contribution in [0.5, 0.6) is 0 Å². The van der Waals surface area contributed by atoms with Gasteiger partial charge in [0.2, 0.25) is 5.91 Å². The molecule has 1 saturated carbocycles. The van der Waals surface area contributed by atoms with Gasteiger partial charge < -0.3 is 5.32 Å². The van der Waals surface area contributed by atoms with Crippen molar-refractivity contribution in [3.63, 3.8) is 0 Å². The van der Waals surface area contributed by atoms with Crippen LogP contribution < -0.4 is 5.32 Å². The number of anilines is 1. The summed E-state index contributed by atoms with van der Waals surface area (Å²) in [5, 5.41) is 2.84. The second-order valence-corrected chi connectivity index (χ2v) is 5.92. The van der Waals surface area contributed by atoms with Crippen LogP contribution in [0.3, 0.4) is 0 Å². The van der Waals surface area contributed by atoms with E-state index in [1.54, 1.807) is 24.3 Å². The minimum absolute atomic E-state index is 0.0243. The van der Waals surface area contributed by atoms with E-state index in [1.807, 2.05) is 20.8 Å². The molecule has 0 heterocycles. The van der Waals surface area contributed by atoms with E-state index in [1.165, 1.54) is 0 Å². The summed E-state index contributed by atoms with van der Waals surface area (Å²) in [6.45, 7) is 5.61. The smallest absolute Gasteiger partial charge is 0.229 e. The first-order chi connectivity index (χ1) is 8.38. The lowest BCUT2D eigenvalue weighted by Crippen LogP contribution is -2.27. The van der Waals surface area contributed by atoms with Crippen molar-refractivity contribution in [1.82, 2.24) is 0 Å². The monoisotopic (exact) mass is 245 g/mol. The molecule has 0 saturated heterocycles. The van der Waals surface area contributed by atoms with Crippen LogP contribution in [-0.2, 0) is 4.79 Å². The highest BCUT2D eigenvalue weighted by atomic mass is 16.2. The summed E-state index contributed by atoms with van der Waals surface area (Å²) in [4.78, 5) is 23.6. The zero-order valence-corrected chi connectivity index (χ0v) is 11.1. The van der Waals surface area contributed by atoms with E-state index in [0.29, 0.717) is 0 Å². The van der Waals surface area contributed by atoms with Gasteiger partial charge in [0.25, 0.3) is 0 Å². The van der Waals surface area contributed by atoms with Crippen LogP contribution in [0.4, 0.5) is 5.69 Å². The number of Topliss-reactive ketones (excluding diaryl/α,β-unsaturated/α-hetero) is 1. The molecular weight excluding hydrogens is 226 g/mol. The number of carbonyl (C=O) groups is 2. The third-order valence-electron chi connectivity index (χ3n) is 3.06. The Hall–Kier alpha value is -1.64. The van der Waals surface area contributed by atoms with Gasteiger partial charge in [-0.05, 0) is 37.1 Å². The molecule has 2 rings (SSSR count). The van der Waals surface area contributed by atoms with Crippen molar-refractivity contribution in [3.8, 4) is 0 Å². The molecule has 0 aromatic heterocycles. The van der Waals surface area contributed by atoms with Gasteiger partial charge >= 0.3 is 0 Å². The van der Waals surface area contributed by atoms with Gasteiger partial charge in [0.1, 0.15) is 0 Å². The van der Waals surface area contributed by atoms with Crippen LogP contribution in [0.15, 0.2) is 24.3 Å². The van der Waals surface area contributed by atoms with Crippen LogP contribution in [0.25, 0.3) is 0 Å². The van der Waals surface area contributed by atoms with Gasteiger partial charge in [-0.3, -0.25) is 9.59 Å². The molecule has 1 N–H and O–H groups in total. The highest BCUT2D eigenvalue weighted by Crippen LogP contribution is 2.32. The van der Waals surface area contributed by atoms with Gasteiger partial charge in [-0.1, -0.05) is 20.8 Å². The van der Waals surface area contributed by atoms with Crippen molar-refractivity contribution in [1.29, 1.82) is 0 Å². The largest absolute Gasteiger partial charge is 0.326 e. The number of benzene rings is 1. The lowest BCUT2D eigenvalue weighted by atomic mass is 9.95. The molecule has 1 amide bonds. The lowest BCUT2D eigenvalue weighted by molar-refractivity contribution is -0.123. The van der Waals surface area contributed by atoms with E-state index >= 15 is 0 Å². The fourth-order valence-corrected chi connectivity index (χ4v) is 1.62. The summed E-state index contributed by atoms with van der Waals surface area (Å²) in [6, 6.07) is 7.16. The predicted octanol–water partition coefficient (Wildman–Crippen LogP) is 3.26. The van der Waals surface area contributed by atoms with E-state index in [9.17, 15) is 9.59 Å². The van der Waals surface area contributed by atoms with E-state index in [0.717, 1.165) is 24.1 Å². The molecule has 1 fully saturated rings. The Bertz CT molecular complexity index is 464. The minimum atomic E-state index is -0.414. The highest BCUT2D eigenvalue weighted by Gasteiger charge is 2.30. The maximum Gasteiger partial charge on any atom is 0.229 e. The third kappa shape index (κ3) is 2.97. The number of rotatable bonds is 3. The first-order valence-electron chi connectivity index (χ1n) is 6.33. The molecule has 1 aromatic rings. The summed E-state index contributed by atoms with van der Waals surface area (Å²) < 4.78 is 0. The Morgan fingerprint density at radius 1 is 1.11 bits per heavy atom. The Kier molecular flexibility index (Phi) is 3.24. The zero-order chi connectivity index (χ0) is 13.3. The lowest BCUT2D eigenvalue weighted by Gasteiger charge is -2.17. The fourth-order valence-electron chi connectivity index (χ4n) is 1.62. The average Bonchev–Trinajstić information content (AvgIpc) is 3.11. The molecule has 3 heteroatoms. The Morgan fingerprint density at radius 2 is 1.67 bits per heavy atom. The maximum atomic E-state index is 11.8. The summed E-state index contributed by atoms with van der Waals surface area (Å²) >= 11 is 0. The molecule has 0 radical (unpaired) electrons. The predicted molar refractivity (Wildman–Crippen MR) is 71.6 cm³/mol. The topological polar surface area (TPSA) is 46.2 Å². The van der Waals surface area contributed by atoms with Gasteiger partial charge in [0, 0.05) is 22.6 Å². The molecule has 0 unspecified atom stereocenters. The van der Waals surface area contributed by atoms with Crippen molar-refractivity contribution in [2.75, 3.05) is 5.32 Å². The van der Waals surface area contributed by atoms with Gasteiger partial charge in [0.05, 0.1) is 0 Å². The normalized spacial score (nSPS) is 15.3. The number of nitrogens with one attached hydrogen (secondary N) is 1. The number of hydrogen-bond acceptors (Lipinski definition) is 2. The van der Waals surface area contributed by atoms with Crippen molar-refractivity contribution in [3.05, 3.63) is 29.8 Å². The van der Waals surface area contributed by atoms with Crippen LogP contribution in [0, 0.1) is 11.3 Å². The summed E-state index contributed by atoms with van der Waals surface area (Å²) in [5.74, 6) is 0.437. The van der Waals surface area contributed by atoms with Crippen molar-refractivity contribution in [2.45, 2.75) is 33.6 Å². The number of amides is 1. The van der Waals surface area contributed by atoms with Crippen molar-refractivity contribution < 1.29 is 9.59 Å². The SMILES string of the molecule is CC(C)(C)C(=O)Nc1ccc(C(=O)C2CC2)cc1. The molecule has 96 valence electrons. The standard InChI is InChI=1S/C15H19NO2/c1-15(2,3)14(18)16-12-8-6-11(7-9-12)13(17)10-4-5-10/h6-10H,4-5H2,1-3H3,(H,16,18). The van der Waals surface area contributed by atoms with Gasteiger partial charge in [-0.25, -0.2) is 0 Å². The van der Waals surface area contributed by atoms with E-state index in [2.05, 4.69) is 5.32 Å². The maximum absolute atomic E-state index is 11.8. The first kappa shape index (κ1) is 12.8. The van der Waals surface area contributed by atoms with Gasteiger partial charge in [-0.15, -0.1) is 0 Å². The number of ketones is 1. The molecule has 1 aliphatic rings. The van der Waals surface area contributed by atoms with Gasteiger partial charge in [0.15, 0.2) is 5.78 Å². The molecule has 1 aromatic carbocycles. The molecule has 3 nitrogen and oxygen atoms in total. The molecule has 1 aliphatic carbocycles. The molecular formula is C15H19NO2. The Morgan fingerprint density at radius 3 is 2.11 bits per heavy atom. The van der Waals surface area contributed by atoms with Crippen LogP contribution in [0.2, 0.25) is 0 Å². The Balaban J connectivity index is 2.03. The molecule has 0 aliphatic heterocycles. The molecule has 0 bridgehead atoms. The third-order valence-corrected chi connectivity index (χ3v) is 3.06. The second-order valence-electron chi connectivity index (χ2n) is 5.92. The second kappa shape index (κ2) is 4.56. The van der Waals surface area contributed by atoms with Crippen LogP contribution in [0.1, 0.15) is 44.0 Å². The average molecular weight is 245 g/mol. The quantitative estimate of drug-likeness (QED) is 0.831. The molecule has 18 heavy (non-hydrogen) atoms. The first-order valence-corrected chi connectivity index (χ1v) is 6.33. The molecule has 0 atom stereocenters. The van der Waals surface area contributed by atoms with Crippen LogP contribution in [-0.4, -0.2) is 11.7 Å².